The van der Waals surface area contributed by atoms with Crippen molar-refractivity contribution < 1.29 is 0 Å². The Balaban J connectivity index is 1.03. The molecule has 56 heavy (non-hydrogen) atoms. The van der Waals surface area contributed by atoms with E-state index in [0.29, 0.717) is 11.8 Å². The Labute approximate surface area is 332 Å². The highest BCUT2D eigenvalue weighted by atomic mass is 15.0. The Kier molecular flexibility index (Phi) is 9.45. The molecule has 0 bridgehead atoms. The normalized spacial score (nSPS) is 14.8. The first-order valence-electron chi connectivity index (χ1n) is 20.0. The van der Waals surface area contributed by atoms with Gasteiger partial charge in [-0.1, -0.05) is 190 Å². The van der Waals surface area contributed by atoms with Gasteiger partial charge in [-0.3, -0.25) is 0 Å². The maximum atomic E-state index is 4.32. The van der Waals surface area contributed by atoms with E-state index < -0.39 is 0 Å². The van der Waals surface area contributed by atoms with E-state index in [1.807, 2.05) is 6.08 Å². The lowest BCUT2D eigenvalue weighted by Gasteiger charge is -2.26. The average molecular weight is 722 g/mol. The quantitative estimate of drug-likeness (QED) is 0.132. The summed E-state index contributed by atoms with van der Waals surface area (Å²) in [6.07, 6.45) is 3.03. The van der Waals surface area contributed by atoms with Gasteiger partial charge in [0, 0.05) is 22.6 Å². The molecule has 0 fully saturated rings. The van der Waals surface area contributed by atoms with E-state index in [-0.39, 0.29) is 5.92 Å². The molecule has 0 aliphatic heterocycles. The lowest BCUT2D eigenvalue weighted by molar-refractivity contribution is 0.572. The number of hydrogen-bond donors (Lipinski definition) is 0. The zero-order valence-corrected chi connectivity index (χ0v) is 32.5. The molecule has 0 radical (unpaired) electrons. The molecule has 8 aromatic rings. The van der Waals surface area contributed by atoms with Crippen molar-refractivity contribution in [1.29, 1.82) is 0 Å². The summed E-state index contributed by atoms with van der Waals surface area (Å²) in [5.74, 6) is 0.956. The van der Waals surface area contributed by atoms with Gasteiger partial charge in [-0.15, -0.1) is 0 Å². The van der Waals surface area contributed by atoms with Gasteiger partial charge in [0.1, 0.15) is 0 Å². The molecular formula is C55H47N. The third-order valence-corrected chi connectivity index (χ3v) is 12.3. The van der Waals surface area contributed by atoms with Crippen molar-refractivity contribution >= 4 is 28.1 Å². The maximum Gasteiger partial charge on any atom is 0.0581 e. The lowest BCUT2D eigenvalue weighted by Crippen LogP contribution is -2.12. The van der Waals surface area contributed by atoms with Gasteiger partial charge in [0.15, 0.2) is 0 Å². The van der Waals surface area contributed by atoms with Gasteiger partial charge >= 0.3 is 0 Å². The van der Waals surface area contributed by atoms with E-state index in [2.05, 4.69) is 214 Å². The van der Waals surface area contributed by atoms with Gasteiger partial charge in [-0.2, -0.15) is 0 Å². The fourth-order valence-electron chi connectivity index (χ4n) is 9.25. The summed E-state index contributed by atoms with van der Waals surface area (Å²) in [7, 11) is 0. The monoisotopic (exact) mass is 721 g/mol. The van der Waals surface area contributed by atoms with Crippen LogP contribution in [-0.4, -0.2) is 4.57 Å². The van der Waals surface area contributed by atoms with Gasteiger partial charge in [0.05, 0.1) is 11.2 Å². The lowest BCUT2D eigenvalue weighted by atomic mass is 9.78. The van der Waals surface area contributed by atoms with Crippen molar-refractivity contribution in [3.63, 3.8) is 0 Å². The molecule has 1 aliphatic rings. The standard InChI is InChI=1S/C55H47N/c1-5-48-51-22-14-15-23-53(51)56(55(48)54-38(3)49-20-12-13-21-50(49)39(54)4)47-34-32-45(33-35-47)44-26-24-41(25-27-44)37(2)52(36-40-16-8-6-9-17-40)46-30-28-43(29-31-46)42-18-10-7-11-19-42/h5-35,37-38,52H,1,36H2,2-4H3. The first-order chi connectivity index (χ1) is 27.5. The van der Waals surface area contributed by atoms with Crippen LogP contribution in [-0.2, 0) is 6.42 Å². The molecule has 272 valence electrons. The maximum absolute atomic E-state index is 4.32. The third-order valence-electron chi connectivity index (χ3n) is 12.3. The van der Waals surface area contributed by atoms with Crippen LogP contribution < -0.4 is 0 Å². The molecular weight excluding hydrogens is 675 g/mol. The van der Waals surface area contributed by atoms with Crippen LogP contribution in [0.15, 0.2) is 189 Å². The number of hydrogen-bond acceptors (Lipinski definition) is 0. The second-order valence-corrected chi connectivity index (χ2v) is 15.4. The fraction of sp³-hybridized carbons (Fsp3) is 0.127. The average Bonchev–Trinajstić information content (AvgIpc) is 3.72. The van der Waals surface area contributed by atoms with E-state index in [9.17, 15) is 0 Å². The van der Waals surface area contributed by atoms with E-state index >= 15 is 0 Å². The van der Waals surface area contributed by atoms with Gasteiger partial charge in [0.25, 0.3) is 0 Å². The van der Waals surface area contributed by atoms with E-state index in [1.54, 1.807) is 0 Å². The Hall–Kier alpha value is -6.44. The summed E-state index contributed by atoms with van der Waals surface area (Å²) < 4.78 is 2.46. The molecule has 1 aliphatic carbocycles. The van der Waals surface area contributed by atoms with Crippen LogP contribution in [0.5, 0.6) is 0 Å². The van der Waals surface area contributed by atoms with Crippen LogP contribution in [0.1, 0.15) is 77.6 Å². The summed E-state index contributed by atoms with van der Waals surface area (Å²) >= 11 is 0. The minimum absolute atomic E-state index is 0.286. The molecule has 1 heteroatoms. The molecule has 0 saturated heterocycles. The highest BCUT2D eigenvalue weighted by Crippen LogP contribution is 2.50. The molecule has 0 spiro atoms. The first-order valence-corrected chi connectivity index (χ1v) is 20.0. The zero-order chi connectivity index (χ0) is 38.2. The van der Waals surface area contributed by atoms with Crippen molar-refractivity contribution in [2.75, 3.05) is 0 Å². The summed E-state index contributed by atoms with van der Waals surface area (Å²) in [5, 5.41) is 1.23. The second-order valence-electron chi connectivity index (χ2n) is 15.4. The smallest absolute Gasteiger partial charge is 0.0581 e. The van der Waals surface area contributed by atoms with Gasteiger partial charge in [-0.05, 0) is 105 Å². The zero-order valence-electron chi connectivity index (χ0n) is 32.5. The number of para-hydroxylation sites is 1. The van der Waals surface area contributed by atoms with Crippen molar-refractivity contribution in [3.8, 4) is 27.9 Å². The number of nitrogens with zero attached hydrogens (tertiary/aromatic N) is 1. The summed E-state index contributed by atoms with van der Waals surface area (Å²) in [5.41, 5.74) is 19.3. The van der Waals surface area contributed by atoms with Crippen molar-refractivity contribution in [2.24, 2.45) is 0 Å². The molecule has 9 rings (SSSR count). The van der Waals surface area contributed by atoms with E-state index in [4.69, 9.17) is 0 Å². The Morgan fingerprint density at radius 2 is 1.12 bits per heavy atom. The van der Waals surface area contributed by atoms with Crippen LogP contribution in [0.4, 0.5) is 0 Å². The van der Waals surface area contributed by atoms with Gasteiger partial charge in [0.2, 0.25) is 0 Å². The summed E-state index contributed by atoms with van der Waals surface area (Å²) in [4.78, 5) is 0. The van der Waals surface area contributed by atoms with Crippen molar-refractivity contribution in [2.45, 2.75) is 44.9 Å². The number of allylic oxidation sites excluding steroid dienone is 2. The van der Waals surface area contributed by atoms with Crippen LogP contribution in [0.2, 0.25) is 0 Å². The topological polar surface area (TPSA) is 4.93 Å². The third kappa shape index (κ3) is 6.34. The number of aromatic nitrogens is 1. The Bertz CT molecular complexity index is 2680. The summed E-state index contributed by atoms with van der Waals surface area (Å²) in [6, 6.07) is 66.8. The summed E-state index contributed by atoms with van der Waals surface area (Å²) in [6.45, 7) is 11.3. The largest absolute Gasteiger partial charge is 0.309 e. The fourth-order valence-corrected chi connectivity index (χ4v) is 9.25. The highest BCUT2D eigenvalue weighted by Gasteiger charge is 2.31. The van der Waals surface area contributed by atoms with E-state index in [1.165, 1.54) is 83.4 Å². The molecule has 1 nitrogen and oxygen atoms in total. The number of rotatable bonds is 10. The molecule has 7 aromatic carbocycles. The van der Waals surface area contributed by atoms with Crippen LogP contribution >= 0.6 is 0 Å². The van der Waals surface area contributed by atoms with Crippen molar-refractivity contribution in [3.05, 3.63) is 228 Å². The first kappa shape index (κ1) is 35.3. The highest BCUT2D eigenvalue weighted by molar-refractivity contribution is 6.05. The molecule has 0 N–H and O–H groups in total. The molecule has 3 unspecified atom stereocenters. The van der Waals surface area contributed by atoms with Gasteiger partial charge < -0.3 is 4.57 Å². The minimum Gasteiger partial charge on any atom is -0.309 e. The Morgan fingerprint density at radius 3 is 1.77 bits per heavy atom. The molecule has 1 aromatic heterocycles. The number of benzene rings is 7. The van der Waals surface area contributed by atoms with Crippen LogP contribution in [0.3, 0.4) is 0 Å². The molecule has 0 amide bonds. The number of fused-ring (bicyclic) bond motifs is 2. The SMILES string of the molecule is C=Cc1c(C2=C(C)c3ccccc3C2C)n(-c2ccc(-c3ccc(C(C)C(Cc4ccccc4)c4ccc(-c5ccccc5)cc4)cc3)cc2)c2ccccc12. The van der Waals surface area contributed by atoms with E-state index in [0.717, 1.165) is 12.1 Å². The second kappa shape index (κ2) is 15.0. The molecule has 0 saturated carbocycles. The predicted molar refractivity (Wildman–Crippen MR) is 239 cm³/mol. The van der Waals surface area contributed by atoms with Gasteiger partial charge in [-0.25, -0.2) is 0 Å². The van der Waals surface area contributed by atoms with Crippen LogP contribution in [0, 0.1) is 0 Å². The Morgan fingerprint density at radius 1 is 0.589 bits per heavy atom. The molecule has 3 atom stereocenters. The van der Waals surface area contributed by atoms with Crippen LogP contribution in [0.25, 0.3) is 56.1 Å². The molecule has 1 heterocycles. The minimum atomic E-state index is 0.286. The van der Waals surface area contributed by atoms with Crippen molar-refractivity contribution in [1.82, 2.24) is 4.57 Å². The predicted octanol–water partition coefficient (Wildman–Crippen LogP) is 14.8.